The van der Waals surface area contributed by atoms with Crippen LogP contribution in [0.5, 0.6) is 0 Å². The van der Waals surface area contributed by atoms with Crippen LogP contribution in [-0.2, 0) is 9.59 Å². The number of hydrogen-bond donors (Lipinski definition) is 1. The number of fused-ring (bicyclic) bond motifs is 1. The molecule has 1 aliphatic heterocycles. The highest BCUT2D eigenvalue weighted by Crippen LogP contribution is 2.24. The lowest BCUT2D eigenvalue weighted by Crippen LogP contribution is -2.40. The minimum absolute atomic E-state index is 0.229. The SMILES string of the molecule is O=C1CCC(c2nnc3cc(Br)ccn23)C(=O)N1. The quantitative estimate of drug-likeness (QED) is 0.798. The first kappa shape index (κ1) is 11.3. The van der Waals surface area contributed by atoms with Gasteiger partial charge in [-0.05, 0) is 18.6 Å². The van der Waals surface area contributed by atoms with Crippen molar-refractivity contribution in [1.82, 2.24) is 19.9 Å². The summed E-state index contributed by atoms with van der Waals surface area (Å²) in [7, 11) is 0. The Morgan fingerprint density at radius 2 is 2.22 bits per heavy atom. The van der Waals surface area contributed by atoms with Crippen LogP contribution < -0.4 is 5.32 Å². The van der Waals surface area contributed by atoms with E-state index in [2.05, 4.69) is 31.4 Å². The van der Waals surface area contributed by atoms with Crippen LogP contribution in [0, 0.1) is 0 Å². The maximum absolute atomic E-state index is 11.8. The molecule has 1 unspecified atom stereocenters. The zero-order valence-electron chi connectivity index (χ0n) is 9.26. The van der Waals surface area contributed by atoms with Gasteiger partial charge in [-0.2, -0.15) is 0 Å². The number of nitrogens with one attached hydrogen (secondary N) is 1. The molecule has 0 aliphatic carbocycles. The van der Waals surface area contributed by atoms with E-state index in [1.54, 1.807) is 10.6 Å². The van der Waals surface area contributed by atoms with Crippen LogP contribution in [0.1, 0.15) is 24.6 Å². The fraction of sp³-hybridized carbons (Fsp3) is 0.273. The van der Waals surface area contributed by atoms with E-state index in [9.17, 15) is 9.59 Å². The average Bonchev–Trinajstić information content (AvgIpc) is 2.72. The highest BCUT2D eigenvalue weighted by Gasteiger charge is 2.31. The monoisotopic (exact) mass is 308 g/mol. The lowest BCUT2D eigenvalue weighted by Gasteiger charge is -2.19. The predicted molar refractivity (Wildman–Crippen MR) is 65.8 cm³/mol. The summed E-state index contributed by atoms with van der Waals surface area (Å²) >= 11 is 3.35. The van der Waals surface area contributed by atoms with Gasteiger partial charge >= 0.3 is 0 Å². The number of aromatic nitrogens is 3. The third kappa shape index (κ3) is 1.80. The Morgan fingerprint density at radius 1 is 1.39 bits per heavy atom. The fourth-order valence-electron chi connectivity index (χ4n) is 2.06. The molecule has 3 heterocycles. The van der Waals surface area contributed by atoms with E-state index in [1.807, 2.05) is 12.1 Å². The number of hydrogen-bond acceptors (Lipinski definition) is 4. The smallest absolute Gasteiger partial charge is 0.237 e. The number of amides is 2. The van der Waals surface area contributed by atoms with Crippen molar-refractivity contribution in [1.29, 1.82) is 0 Å². The zero-order valence-corrected chi connectivity index (χ0v) is 10.8. The number of imide groups is 1. The summed E-state index contributed by atoms with van der Waals surface area (Å²) in [5, 5.41) is 10.4. The van der Waals surface area contributed by atoms with E-state index < -0.39 is 5.92 Å². The molecule has 7 heteroatoms. The minimum atomic E-state index is -0.418. The number of nitrogens with zero attached hydrogens (tertiary/aromatic N) is 3. The van der Waals surface area contributed by atoms with Gasteiger partial charge in [0, 0.05) is 17.1 Å². The van der Waals surface area contributed by atoms with Gasteiger partial charge in [0.1, 0.15) is 5.82 Å². The molecule has 0 bridgehead atoms. The minimum Gasteiger partial charge on any atom is -0.296 e. The van der Waals surface area contributed by atoms with Crippen LogP contribution in [0.3, 0.4) is 0 Å². The van der Waals surface area contributed by atoms with Gasteiger partial charge < -0.3 is 0 Å². The average molecular weight is 309 g/mol. The molecule has 2 amide bonds. The second kappa shape index (κ2) is 4.16. The van der Waals surface area contributed by atoms with Crippen LogP contribution in [0.15, 0.2) is 22.8 Å². The third-order valence-electron chi connectivity index (χ3n) is 2.95. The Balaban J connectivity index is 2.04. The second-order valence-electron chi connectivity index (χ2n) is 4.14. The summed E-state index contributed by atoms with van der Waals surface area (Å²) in [6.45, 7) is 0. The van der Waals surface area contributed by atoms with Gasteiger partial charge in [-0.15, -0.1) is 10.2 Å². The Labute approximate surface area is 111 Å². The van der Waals surface area contributed by atoms with Gasteiger partial charge in [0.2, 0.25) is 11.8 Å². The van der Waals surface area contributed by atoms with Crippen molar-refractivity contribution in [2.24, 2.45) is 0 Å². The lowest BCUT2D eigenvalue weighted by molar-refractivity contribution is -0.134. The largest absolute Gasteiger partial charge is 0.296 e. The highest BCUT2D eigenvalue weighted by molar-refractivity contribution is 9.10. The Bertz CT molecular complexity index is 652. The van der Waals surface area contributed by atoms with Crippen molar-refractivity contribution < 1.29 is 9.59 Å². The van der Waals surface area contributed by atoms with E-state index in [0.717, 1.165) is 4.47 Å². The normalized spacial score (nSPS) is 20.2. The first-order valence-electron chi connectivity index (χ1n) is 5.49. The van der Waals surface area contributed by atoms with Crippen molar-refractivity contribution in [2.45, 2.75) is 18.8 Å². The van der Waals surface area contributed by atoms with Gasteiger partial charge in [-0.1, -0.05) is 15.9 Å². The molecule has 2 aromatic heterocycles. The van der Waals surface area contributed by atoms with Gasteiger partial charge in [-0.3, -0.25) is 19.3 Å². The third-order valence-corrected chi connectivity index (χ3v) is 3.44. The molecule has 1 aliphatic rings. The van der Waals surface area contributed by atoms with E-state index in [4.69, 9.17) is 0 Å². The molecular weight excluding hydrogens is 300 g/mol. The summed E-state index contributed by atoms with van der Waals surface area (Å²) in [6, 6.07) is 3.67. The van der Waals surface area contributed by atoms with Crippen molar-refractivity contribution in [3.8, 4) is 0 Å². The summed E-state index contributed by atoms with van der Waals surface area (Å²) in [5.41, 5.74) is 0.670. The maximum atomic E-state index is 11.8. The molecule has 1 atom stereocenters. The van der Waals surface area contributed by atoms with Crippen molar-refractivity contribution >= 4 is 33.4 Å². The van der Waals surface area contributed by atoms with E-state index in [1.165, 1.54) is 0 Å². The molecule has 18 heavy (non-hydrogen) atoms. The second-order valence-corrected chi connectivity index (χ2v) is 5.05. The summed E-state index contributed by atoms with van der Waals surface area (Å²) in [5.74, 6) is -0.377. The fourth-order valence-corrected chi connectivity index (χ4v) is 2.38. The van der Waals surface area contributed by atoms with E-state index >= 15 is 0 Å². The molecule has 1 fully saturated rings. The zero-order chi connectivity index (χ0) is 12.7. The van der Waals surface area contributed by atoms with E-state index in [-0.39, 0.29) is 11.8 Å². The summed E-state index contributed by atoms with van der Waals surface area (Å²) in [4.78, 5) is 22.9. The Hall–Kier alpha value is -1.76. The van der Waals surface area contributed by atoms with Crippen LogP contribution in [0.2, 0.25) is 0 Å². The van der Waals surface area contributed by atoms with Crippen LogP contribution in [0.4, 0.5) is 0 Å². The molecule has 92 valence electrons. The molecule has 0 aromatic carbocycles. The highest BCUT2D eigenvalue weighted by atomic mass is 79.9. The first-order chi connectivity index (χ1) is 8.65. The molecule has 0 radical (unpaired) electrons. The molecular formula is C11H9BrN4O2. The van der Waals surface area contributed by atoms with Gasteiger partial charge in [-0.25, -0.2) is 0 Å². The van der Waals surface area contributed by atoms with Crippen LogP contribution in [0.25, 0.3) is 5.65 Å². The van der Waals surface area contributed by atoms with Crippen LogP contribution >= 0.6 is 15.9 Å². The Kier molecular flexibility index (Phi) is 2.62. The van der Waals surface area contributed by atoms with Gasteiger partial charge in [0.05, 0.1) is 5.92 Å². The number of pyridine rings is 1. The van der Waals surface area contributed by atoms with Crippen molar-refractivity contribution in [3.63, 3.8) is 0 Å². The van der Waals surface area contributed by atoms with Crippen molar-refractivity contribution in [2.75, 3.05) is 0 Å². The molecule has 0 saturated carbocycles. The number of rotatable bonds is 1. The number of halogens is 1. The standard InChI is InChI=1S/C11H9BrN4O2/c12-6-3-4-16-8(5-6)14-15-10(16)7-1-2-9(17)13-11(7)18/h3-5,7H,1-2H2,(H,13,17,18). The number of carbonyl (C=O) groups is 2. The summed E-state index contributed by atoms with van der Waals surface area (Å²) in [6.07, 6.45) is 2.61. The first-order valence-corrected chi connectivity index (χ1v) is 6.28. The molecule has 3 rings (SSSR count). The molecule has 6 nitrogen and oxygen atoms in total. The number of piperidine rings is 1. The molecule has 0 spiro atoms. The van der Waals surface area contributed by atoms with Gasteiger partial charge in [0.25, 0.3) is 0 Å². The lowest BCUT2D eigenvalue weighted by atomic mass is 9.97. The molecule has 2 aromatic rings. The topological polar surface area (TPSA) is 76.4 Å². The van der Waals surface area contributed by atoms with Crippen molar-refractivity contribution in [3.05, 3.63) is 28.6 Å². The summed E-state index contributed by atoms with van der Waals surface area (Å²) < 4.78 is 2.67. The Morgan fingerprint density at radius 3 is 3.00 bits per heavy atom. The maximum Gasteiger partial charge on any atom is 0.237 e. The predicted octanol–water partition coefficient (Wildman–Crippen LogP) is 1.01. The van der Waals surface area contributed by atoms with E-state index in [0.29, 0.717) is 24.3 Å². The molecule has 1 saturated heterocycles. The number of carbonyl (C=O) groups excluding carboxylic acids is 2. The van der Waals surface area contributed by atoms with Gasteiger partial charge in [0.15, 0.2) is 5.65 Å². The molecule has 1 N–H and O–H groups in total. The van der Waals surface area contributed by atoms with Crippen LogP contribution in [-0.4, -0.2) is 26.4 Å².